The molecule has 1 aromatic carbocycles. The highest BCUT2D eigenvalue weighted by Crippen LogP contribution is 2.14. The van der Waals surface area contributed by atoms with Gasteiger partial charge in [-0.15, -0.1) is 0 Å². The minimum Gasteiger partial charge on any atom is -0.397 e. The van der Waals surface area contributed by atoms with Crippen LogP contribution in [0.1, 0.15) is 16.1 Å². The number of aliphatic hydroxyl groups is 1. The smallest absolute Gasteiger partial charge is 0.272 e. The quantitative estimate of drug-likeness (QED) is 0.776. The van der Waals surface area contributed by atoms with Crippen molar-refractivity contribution in [1.29, 1.82) is 0 Å². The van der Waals surface area contributed by atoms with E-state index >= 15 is 0 Å². The van der Waals surface area contributed by atoms with Gasteiger partial charge in [0.15, 0.2) is 0 Å². The van der Waals surface area contributed by atoms with E-state index in [-0.39, 0.29) is 12.5 Å². The molecule has 0 unspecified atom stereocenters. The van der Waals surface area contributed by atoms with Crippen LogP contribution in [0.15, 0.2) is 36.5 Å². The molecule has 0 spiro atoms. The summed E-state index contributed by atoms with van der Waals surface area (Å²) in [6.07, 6.45) is 2.31. The van der Waals surface area contributed by atoms with Crippen LogP contribution in [0.25, 0.3) is 0 Å². The van der Waals surface area contributed by atoms with Crippen molar-refractivity contribution in [2.45, 2.75) is 6.42 Å². The summed E-state index contributed by atoms with van der Waals surface area (Å²) >= 11 is 0. The summed E-state index contributed by atoms with van der Waals surface area (Å²) in [4.78, 5) is 12.0. The van der Waals surface area contributed by atoms with Crippen LogP contribution < -0.4 is 11.1 Å². The molecular weight excluding hydrogens is 242 g/mol. The number of aryl methyl sites for hydroxylation is 1. The number of aliphatic hydroxyl groups excluding tert-OH is 1. The highest BCUT2D eigenvalue weighted by Gasteiger charge is 2.10. The summed E-state index contributed by atoms with van der Waals surface area (Å²) < 4.78 is 1.69. The van der Waals surface area contributed by atoms with E-state index in [1.807, 2.05) is 24.3 Å². The number of nitrogens with zero attached hydrogens (tertiary/aromatic N) is 1. The first-order valence-electron chi connectivity index (χ1n) is 6.03. The van der Waals surface area contributed by atoms with Crippen LogP contribution in [0.4, 0.5) is 11.4 Å². The summed E-state index contributed by atoms with van der Waals surface area (Å²) in [5, 5.41) is 11.6. The monoisotopic (exact) mass is 259 g/mol. The zero-order valence-electron chi connectivity index (χ0n) is 10.8. The molecule has 5 nitrogen and oxygen atoms in total. The molecule has 19 heavy (non-hydrogen) atoms. The largest absolute Gasteiger partial charge is 0.397 e. The lowest BCUT2D eigenvalue weighted by Gasteiger charge is -2.06. The number of rotatable bonds is 4. The summed E-state index contributed by atoms with van der Waals surface area (Å²) in [6.45, 7) is 0.119. The van der Waals surface area contributed by atoms with Crippen molar-refractivity contribution in [3.8, 4) is 0 Å². The van der Waals surface area contributed by atoms with Crippen molar-refractivity contribution in [3.63, 3.8) is 0 Å². The van der Waals surface area contributed by atoms with Crippen LogP contribution in [0, 0.1) is 0 Å². The molecule has 0 aliphatic carbocycles. The first kappa shape index (κ1) is 13.2. The lowest BCUT2D eigenvalue weighted by Crippen LogP contribution is -2.15. The average Bonchev–Trinajstić information content (AvgIpc) is 2.71. The third kappa shape index (κ3) is 3.14. The third-order valence-electron chi connectivity index (χ3n) is 2.87. The van der Waals surface area contributed by atoms with Gasteiger partial charge >= 0.3 is 0 Å². The molecule has 0 radical (unpaired) electrons. The average molecular weight is 259 g/mol. The fourth-order valence-electron chi connectivity index (χ4n) is 1.89. The lowest BCUT2D eigenvalue weighted by molar-refractivity contribution is 0.101. The van der Waals surface area contributed by atoms with Crippen molar-refractivity contribution in [1.82, 2.24) is 4.57 Å². The molecule has 1 aromatic heterocycles. The molecule has 1 amide bonds. The fourth-order valence-corrected chi connectivity index (χ4v) is 1.89. The van der Waals surface area contributed by atoms with Crippen molar-refractivity contribution in [2.75, 3.05) is 17.7 Å². The second-order valence-corrected chi connectivity index (χ2v) is 4.39. The molecule has 5 heteroatoms. The lowest BCUT2D eigenvalue weighted by atomic mass is 10.1. The maximum Gasteiger partial charge on any atom is 0.272 e. The molecule has 0 aliphatic heterocycles. The predicted molar refractivity (Wildman–Crippen MR) is 75.0 cm³/mol. The molecule has 4 N–H and O–H groups in total. The van der Waals surface area contributed by atoms with Crippen molar-refractivity contribution < 1.29 is 9.90 Å². The Morgan fingerprint density at radius 1 is 1.37 bits per heavy atom. The van der Waals surface area contributed by atoms with Gasteiger partial charge in [0.05, 0.1) is 5.69 Å². The number of nitrogen functional groups attached to an aromatic ring is 1. The number of anilines is 2. The van der Waals surface area contributed by atoms with E-state index in [2.05, 4.69) is 5.32 Å². The molecular formula is C14H17N3O2. The minimum absolute atomic E-state index is 0.119. The predicted octanol–water partition coefficient (Wildman–Crippen LogP) is 1.39. The Labute approximate surface area is 111 Å². The Hall–Kier alpha value is -2.27. The van der Waals surface area contributed by atoms with Crippen LogP contribution >= 0.6 is 0 Å². The van der Waals surface area contributed by atoms with E-state index in [4.69, 9.17) is 10.8 Å². The minimum atomic E-state index is -0.200. The molecule has 0 saturated carbocycles. The molecule has 2 aromatic rings. The van der Waals surface area contributed by atoms with Gasteiger partial charge in [-0.05, 0) is 30.2 Å². The van der Waals surface area contributed by atoms with Gasteiger partial charge in [0.2, 0.25) is 0 Å². The Morgan fingerprint density at radius 3 is 2.58 bits per heavy atom. The zero-order chi connectivity index (χ0) is 13.8. The summed E-state index contributed by atoms with van der Waals surface area (Å²) in [5.41, 5.74) is 8.46. The van der Waals surface area contributed by atoms with Crippen molar-refractivity contribution in [2.24, 2.45) is 7.05 Å². The Kier molecular flexibility index (Phi) is 3.87. The molecule has 2 rings (SSSR count). The molecule has 0 saturated heterocycles. The van der Waals surface area contributed by atoms with Crippen LogP contribution in [0.5, 0.6) is 0 Å². The zero-order valence-corrected chi connectivity index (χ0v) is 10.8. The highest BCUT2D eigenvalue weighted by atomic mass is 16.2. The number of hydrogen-bond acceptors (Lipinski definition) is 3. The maximum atomic E-state index is 12.0. The Morgan fingerprint density at radius 2 is 2.05 bits per heavy atom. The SMILES string of the molecule is Cn1cc(N)cc1C(=O)Nc1ccc(CCO)cc1. The molecule has 1 heterocycles. The first-order valence-corrected chi connectivity index (χ1v) is 6.03. The number of nitrogens with one attached hydrogen (secondary N) is 1. The van der Waals surface area contributed by atoms with Crippen LogP contribution in [-0.4, -0.2) is 22.2 Å². The van der Waals surface area contributed by atoms with E-state index < -0.39 is 0 Å². The Bertz CT molecular complexity index is 573. The number of aromatic nitrogens is 1. The number of hydrogen-bond donors (Lipinski definition) is 3. The number of carbonyl (C=O) groups excluding carboxylic acids is 1. The van der Waals surface area contributed by atoms with Gasteiger partial charge in [-0.25, -0.2) is 0 Å². The normalized spacial score (nSPS) is 10.4. The van der Waals surface area contributed by atoms with Crippen molar-refractivity contribution in [3.05, 3.63) is 47.8 Å². The standard InChI is InChI=1S/C14H17N3O2/c1-17-9-11(15)8-13(17)14(19)16-12-4-2-10(3-5-12)6-7-18/h2-5,8-9,18H,6-7,15H2,1H3,(H,16,19). The van der Waals surface area contributed by atoms with Gasteiger partial charge in [0.1, 0.15) is 5.69 Å². The second kappa shape index (κ2) is 5.58. The third-order valence-corrected chi connectivity index (χ3v) is 2.87. The second-order valence-electron chi connectivity index (χ2n) is 4.39. The van der Waals surface area contributed by atoms with E-state index in [9.17, 15) is 4.79 Å². The topological polar surface area (TPSA) is 80.3 Å². The van der Waals surface area contributed by atoms with Gasteiger partial charge < -0.3 is 20.7 Å². The van der Waals surface area contributed by atoms with Gasteiger partial charge in [-0.1, -0.05) is 12.1 Å². The van der Waals surface area contributed by atoms with Crippen LogP contribution in [0.3, 0.4) is 0 Å². The fraction of sp³-hybridized carbons (Fsp3) is 0.214. The van der Waals surface area contributed by atoms with Crippen LogP contribution in [0.2, 0.25) is 0 Å². The van der Waals surface area contributed by atoms with Crippen LogP contribution in [-0.2, 0) is 13.5 Å². The van der Waals surface area contributed by atoms with Gasteiger partial charge in [0.25, 0.3) is 5.91 Å². The molecule has 0 aliphatic rings. The Balaban J connectivity index is 2.08. The number of amides is 1. The van der Waals surface area contributed by atoms with E-state index in [1.54, 1.807) is 23.9 Å². The number of carbonyl (C=O) groups is 1. The molecule has 0 bridgehead atoms. The first-order chi connectivity index (χ1) is 9.10. The van der Waals surface area contributed by atoms with Gasteiger partial charge in [-0.2, -0.15) is 0 Å². The van der Waals surface area contributed by atoms with Gasteiger partial charge in [-0.3, -0.25) is 4.79 Å². The summed E-state index contributed by atoms with van der Waals surface area (Å²) in [6, 6.07) is 9.02. The van der Waals surface area contributed by atoms with E-state index in [1.165, 1.54) is 0 Å². The van der Waals surface area contributed by atoms with Crippen molar-refractivity contribution >= 4 is 17.3 Å². The number of benzene rings is 1. The summed E-state index contributed by atoms with van der Waals surface area (Å²) in [5.74, 6) is -0.200. The van der Waals surface area contributed by atoms with E-state index in [0.29, 0.717) is 23.5 Å². The van der Waals surface area contributed by atoms with E-state index in [0.717, 1.165) is 5.56 Å². The molecule has 0 fully saturated rings. The van der Waals surface area contributed by atoms with Gasteiger partial charge in [0, 0.05) is 25.5 Å². The maximum absolute atomic E-state index is 12.0. The molecule has 100 valence electrons. The highest BCUT2D eigenvalue weighted by molar-refractivity contribution is 6.03. The number of nitrogens with two attached hydrogens (primary N) is 1. The molecule has 0 atom stereocenters. The summed E-state index contributed by atoms with van der Waals surface area (Å²) in [7, 11) is 1.77.